The van der Waals surface area contributed by atoms with Crippen LogP contribution in [0.15, 0.2) is 65.6 Å². The van der Waals surface area contributed by atoms with Crippen LogP contribution >= 0.6 is 24.0 Å². The lowest BCUT2D eigenvalue weighted by Gasteiger charge is -2.14. The summed E-state index contributed by atoms with van der Waals surface area (Å²) >= 11 is 6.88. The van der Waals surface area contributed by atoms with Gasteiger partial charge in [-0.2, -0.15) is 0 Å². The standard InChI is InChI=1S/C26H25NO3S2/c1-3-29-20-12-10-19-11-13-23(30-4-2)22(21(19)16-20)17-24-25(28)27(26(31)32-24)15-14-18-8-6-5-7-9-18/h5-13,16-17H,3-4,14-15H2,1-2H3/b24-17-. The summed E-state index contributed by atoms with van der Waals surface area (Å²) in [5.74, 6) is 1.47. The van der Waals surface area contributed by atoms with E-state index in [1.807, 2.05) is 68.5 Å². The Balaban J connectivity index is 1.68. The number of thioether (sulfide) groups is 1. The number of hydrogen-bond acceptors (Lipinski definition) is 5. The highest BCUT2D eigenvalue weighted by Crippen LogP contribution is 2.38. The Morgan fingerprint density at radius 1 is 1.00 bits per heavy atom. The molecule has 0 bridgehead atoms. The molecule has 1 aliphatic heterocycles. The van der Waals surface area contributed by atoms with Crippen molar-refractivity contribution < 1.29 is 14.3 Å². The summed E-state index contributed by atoms with van der Waals surface area (Å²) in [7, 11) is 0. The molecule has 3 aromatic rings. The lowest BCUT2D eigenvalue weighted by Crippen LogP contribution is -2.30. The maximum Gasteiger partial charge on any atom is 0.266 e. The number of thiocarbonyl (C=S) groups is 1. The topological polar surface area (TPSA) is 38.8 Å². The van der Waals surface area contributed by atoms with E-state index >= 15 is 0 Å². The van der Waals surface area contributed by atoms with Gasteiger partial charge in [0.1, 0.15) is 15.8 Å². The molecule has 0 radical (unpaired) electrons. The number of ether oxygens (including phenoxy) is 2. The lowest BCUT2D eigenvalue weighted by molar-refractivity contribution is -0.122. The fourth-order valence-corrected chi connectivity index (χ4v) is 4.99. The molecule has 4 nitrogen and oxygen atoms in total. The van der Waals surface area contributed by atoms with Crippen molar-refractivity contribution in [3.05, 3.63) is 76.7 Å². The number of nitrogens with zero attached hydrogens (tertiary/aromatic N) is 1. The average Bonchev–Trinajstić information content (AvgIpc) is 3.07. The third-order valence-electron chi connectivity index (χ3n) is 5.22. The zero-order valence-electron chi connectivity index (χ0n) is 18.2. The maximum absolute atomic E-state index is 13.2. The Labute approximate surface area is 198 Å². The number of carbonyl (C=O) groups is 1. The zero-order chi connectivity index (χ0) is 22.5. The van der Waals surface area contributed by atoms with Crippen molar-refractivity contribution >= 4 is 51.1 Å². The largest absolute Gasteiger partial charge is 0.494 e. The fourth-order valence-electron chi connectivity index (χ4n) is 3.70. The van der Waals surface area contributed by atoms with Crippen LogP contribution < -0.4 is 9.47 Å². The highest BCUT2D eigenvalue weighted by Gasteiger charge is 2.32. The molecule has 0 saturated carbocycles. The van der Waals surface area contributed by atoms with Crippen LogP contribution in [0.2, 0.25) is 0 Å². The summed E-state index contributed by atoms with van der Waals surface area (Å²) in [5, 5.41) is 2.04. The molecule has 1 fully saturated rings. The molecule has 3 aromatic carbocycles. The molecule has 0 aliphatic carbocycles. The second-order valence-electron chi connectivity index (χ2n) is 7.30. The Kier molecular flexibility index (Phi) is 7.12. The molecule has 32 heavy (non-hydrogen) atoms. The monoisotopic (exact) mass is 463 g/mol. The predicted octanol–water partition coefficient (Wildman–Crippen LogP) is 6.08. The van der Waals surface area contributed by atoms with Gasteiger partial charge in [-0.1, -0.05) is 66.4 Å². The van der Waals surface area contributed by atoms with Crippen LogP contribution in [0.3, 0.4) is 0 Å². The van der Waals surface area contributed by atoms with E-state index in [1.165, 1.54) is 17.3 Å². The molecule has 0 aromatic heterocycles. The van der Waals surface area contributed by atoms with Crippen LogP contribution in [0.4, 0.5) is 0 Å². The van der Waals surface area contributed by atoms with Gasteiger partial charge in [0.15, 0.2) is 0 Å². The van der Waals surface area contributed by atoms with Gasteiger partial charge < -0.3 is 9.47 Å². The van der Waals surface area contributed by atoms with E-state index in [-0.39, 0.29) is 5.91 Å². The van der Waals surface area contributed by atoms with E-state index < -0.39 is 0 Å². The minimum absolute atomic E-state index is 0.0589. The summed E-state index contributed by atoms with van der Waals surface area (Å²) in [6.45, 7) is 5.60. The van der Waals surface area contributed by atoms with E-state index in [9.17, 15) is 4.79 Å². The van der Waals surface area contributed by atoms with Crippen LogP contribution in [0.25, 0.3) is 16.8 Å². The van der Waals surface area contributed by atoms with E-state index in [0.717, 1.165) is 34.3 Å². The predicted molar refractivity (Wildman–Crippen MR) is 136 cm³/mol. The first kappa shape index (κ1) is 22.4. The van der Waals surface area contributed by atoms with Gasteiger partial charge in [0, 0.05) is 12.1 Å². The van der Waals surface area contributed by atoms with Gasteiger partial charge in [0.25, 0.3) is 5.91 Å². The SMILES string of the molecule is CCOc1ccc2ccc(OCC)c(/C=C3\SC(=S)N(CCc4ccccc4)C3=O)c2c1. The Morgan fingerprint density at radius 2 is 1.75 bits per heavy atom. The molecular formula is C26H25NO3S2. The Morgan fingerprint density at radius 3 is 2.50 bits per heavy atom. The third kappa shape index (κ3) is 4.81. The van der Waals surface area contributed by atoms with Crippen LogP contribution in [-0.4, -0.2) is 34.9 Å². The van der Waals surface area contributed by atoms with Crippen LogP contribution in [0, 0.1) is 0 Å². The minimum atomic E-state index is -0.0589. The molecule has 0 N–H and O–H groups in total. The van der Waals surface area contributed by atoms with Crippen molar-refractivity contribution in [3.63, 3.8) is 0 Å². The van der Waals surface area contributed by atoms with Crippen LogP contribution in [-0.2, 0) is 11.2 Å². The molecule has 1 amide bonds. The average molecular weight is 464 g/mol. The van der Waals surface area contributed by atoms with Gasteiger partial charge in [0.05, 0.1) is 18.1 Å². The first-order chi connectivity index (χ1) is 15.6. The third-order valence-corrected chi connectivity index (χ3v) is 6.60. The molecule has 0 spiro atoms. The molecule has 1 heterocycles. The zero-order valence-corrected chi connectivity index (χ0v) is 19.8. The van der Waals surface area contributed by atoms with Crippen LogP contribution in [0.5, 0.6) is 11.5 Å². The highest BCUT2D eigenvalue weighted by atomic mass is 32.2. The van der Waals surface area contributed by atoms with Gasteiger partial charge in [-0.15, -0.1) is 0 Å². The molecule has 1 aliphatic rings. The lowest BCUT2D eigenvalue weighted by atomic mass is 10.0. The molecule has 164 valence electrons. The van der Waals surface area contributed by atoms with Crippen molar-refractivity contribution in [1.82, 2.24) is 4.90 Å². The van der Waals surface area contributed by atoms with Crippen molar-refractivity contribution in [2.24, 2.45) is 0 Å². The summed E-state index contributed by atoms with van der Waals surface area (Å²) in [5.41, 5.74) is 2.05. The number of rotatable bonds is 8. The molecule has 1 saturated heterocycles. The van der Waals surface area contributed by atoms with Gasteiger partial charge in [-0.25, -0.2) is 0 Å². The van der Waals surface area contributed by atoms with Gasteiger partial charge in [0.2, 0.25) is 0 Å². The summed E-state index contributed by atoms with van der Waals surface area (Å²) in [6.07, 6.45) is 2.67. The number of carbonyl (C=O) groups excluding carboxylic acids is 1. The van der Waals surface area contributed by atoms with Crippen LogP contribution in [0.1, 0.15) is 25.0 Å². The first-order valence-electron chi connectivity index (χ1n) is 10.7. The first-order valence-corrected chi connectivity index (χ1v) is 11.9. The van der Waals surface area contributed by atoms with Crippen molar-refractivity contribution in [2.45, 2.75) is 20.3 Å². The van der Waals surface area contributed by atoms with E-state index in [1.54, 1.807) is 4.90 Å². The molecule has 0 atom stereocenters. The summed E-state index contributed by atoms with van der Waals surface area (Å²) in [6, 6.07) is 20.1. The quantitative estimate of drug-likeness (QED) is 0.299. The normalized spacial score (nSPS) is 15.1. The number of amides is 1. The van der Waals surface area contributed by atoms with Gasteiger partial charge in [-0.05, 0) is 60.9 Å². The summed E-state index contributed by atoms with van der Waals surface area (Å²) < 4.78 is 12.2. The van der Waals surface area contributed by atoms with Crippen molar-refractivity contribution in [3.8, 4) is 11.5 Å². The molecule has 4 rings (SSSR count). The minimum Gasteiger partial charge on any atom is -0.494 e. The second kappa shape index (κ2) is 10.2. The Bertz CT molecular complexity index is 1170. The molecule has 0 unspecified atom stereocenters. The Hall–Kier alpha value is -2.83. The van der Waals surface area contributed by atoms with Crippen molar-refractivity contribution in [2.75, 3.05) is 19.8 Å². The number of benzene rings is 3. The number of hydrogen-bond donors (Lipinski definition) is 0. The second-order valence-corrected chi connectivity index (χ2v) is 8.97. The van der Waals surface area contributed by atoms with E-state index in [0.29, 0.717) is 29.0 Å². The smallest absolute Gasteiger partial charge is 0.266 e. The van der Waals surface area contributed by atoms with Gasteiger partial charge >= 0.3 is 0 Å². The molecule has 6 heteroatoms. The maximum atomic E-state index is 13.2. The summed E-state index contributed by atoms with van der Waals surface area (Å²) in [4.78, 5) is 15.5. The van der Waals surface area contributed by atoms with E-state index in [4.69, 9.17) is 21.7 Å². The number of fused-ring (bicyclic) bond motifs is 1. The fraction of sp³-hybridized carbons (Fsp3) is 0.231. The molecular weight excluding hydrogens is 438 g/mol. The van der Waals surface area contributed by atoms with Crippen molar-refractivity contribution in [1.29, 1.82) is 0 Å². The highest BCUT2D eigenvalue weighted by molar-refractivity contribution is 8.26. The van der Waals surface area contributed by atoms with E-state index in [2.05, 4.69) is 12.1 Å². The van der Waals surface area contributed by atoms with Gasteiger partial charge in [-0.3, -0.25) is 9.69 Å².